The summed E-state index contributed by atoms with van der Waals surface area (Å²) in [5.74, 6) is 0. The molecule has 0 aliphatic carbocycles. The average molecular weight is 258 g/mol. The Morgan fingerprint density at radius 1 is 1.37 bits per heavy atom. The Balaban J connectivity index is 2.43. The first-order valence-corrected chi connectivity index (χ1v) is 6.95. The predicted molar refractivity (Wildman–Crippen MR) is 79.4 cm³/mol. The molecule has 3 nitrogen and oxygen atoms in total. The molecular weight excluding hydrogens is 236 g/mol. The molecule has 0 aromatic carbocycles. The van der Waals surface area contributed by atoms with Gasteiger partial charge in [0.1, 0.15) is 0 Å². The molecule has 1 aromatic rings. The largest absolute Gasteiger partial charge is 0.361 e. The third-order valence-electron chi connectivity index (χ3n) is 3.85. The van der Waals surface area contributed by atoms with Crippen LogP contribution in [0.4, 0.5) is 0 Å². The minimum absolute atomic E-state index is 0.0568. The second kappa shape index (κ2) is 5.16. The van der Waals surface area contributed by atoms with Gasteiger partial charge in [0, 0.05) is 29.4 Å². The van der Waals surface area contributed by atoms with Crippen molar-refractivity contribution >= 4 is 18.1 Å². The number of hydrogen-bond acceptors (Lipinski definition) is 2. The summed E-state index contributed by atoms with van der Waals surface area (Å²) in [6.45, 7) is 8.61. The Bertz CT molecular complexity index is 547. The molecule has 1 aliphatic heterocycles. The van der Waals surface area contributed by atoms with Gasteiger partial charge in [-0.15, -0.1) is 0 Å². The van der Waals surface area contributed by atoms with E-state index in [0.717, 1.165) is 36.9 Å². The molecule has 0 atom stereocenters. The first kappa shape index (κ1) is 13.8. The van der Waals surface area contributed by atoms with Crippen molar-refractivity contribution in [2.75, 3.05) is 0 Å². The minimum atomic E-state index is -0.0568. The lowest BCUT2D eigenvalue weighted by molar-refractivity contribution is -0.102. The van der Waals surface area contributed by atoms with Crippen molar-refractivity contribution in [2.24, 2.45) is 10.4 Å². The maximum Gasteiger partial charge on any atom is 0.164 e. The maximum atomic E-state index is 10.9. The summed E-state index contributed by atoms with van der Waals surface area (Å²) in [6.07, 6.45) is 7.83. The molecule has 0 saturated carbocycles. The molecule has 19 heavy (non-hydrogen) atoms. The number of carbonyl (C=O) groups excluding carboxylic acids is 1. The van der Waals surface area contributed by atoms with Crippen molar-refractivity contribution in [1.29, 1.82) is 0 Å². The molecule has 0 unspecified atom stereocenters. The highest BCUT2D eigenvalue weighted by molar-refractivity contribution is 6.29. The molecular formula is C16H22N2O. The van der Waals surface area contributed by atoms with Gasteiger partial charge in [-0.2, -0.15) is 0 Å². The van der Waals surface area contributed by atoms with Crippen LogP contribution in [0.15, 0.2) is 16.9 Å². The molecule has 1 N–H and O–H groups in total. The number of aromatic nitrogens is 1. The van der Waals surface area contributed by atoms with Gasteiger partial charge >= 0.3 is 0 Å². The molecule has 2 heterocycles. The van der Waals surface area contributed by atoms with Crippen LogP contribution in [-0.2, 0) is 17.6 Å². The molecule has 2 rings (SSSR count). The third-order valence-corrected chi connectivity index (χ3v) is 3.85. The second-order valence-electron chi connectivity index (χ2n) is 5.72. The molecule has 102 valence electrons. The molecule has 0 amide bonds. The van der Waals surface area contributed by atoms with Gasteiger partial charge in [-0.05, 0) is 30.0 Å². The van der Waals surface area contributed by atoms with E-state index in [9.17, 15) is 4.79 Å². The molecule has 0 fully saturated rings. The fraction of sp³-hybridized carbons (Fsp3) is 0.500. The van der Waals surface area contributed by atoms with E-state index in [1.807, 2.05) is 0 Å². The standard InChI is InChI=1S/C16H22N2O/c1-5-11-9-17-14(13(11)6-2)7-15-16(3,4)8-12(10-19)18-15/h7,9-10,17H,5-6,8H2,1-4H3/b15-7-. The topological polar surface area (TPSA) is 45.2 Å². The molecule has 0 bridgehead atoms. The minimum Gasteiger partial charge on any atom is -0.361 e. The highest BCUT2D eigenvalue weighted by atomic mass is 16.1. The summed E-state index contributed by atoms with van der Waals surface area (Å²) in [7, 11) is 0. The number of nitrogens with one attached hydrogen (secondary N) is 1. The summed E-state index contributed by atoms with van der Waals surface area (Å²) in [5.41, 5.74) is 5.45. The second-order valence-corrected chi connectivity index (χ2v) is 5.72. The molecule has 0 radical (unpaired) electrons. The van der Waals surface area contributed by atoms with E-state index in [4.69, 9.17) is 0 Å². The van der Waals surface area contributed by atoms with Gasteiger partial charge in [0.25, 0.3) is 0 Å². The number of aryl methyl sites for hydroxylation is 1. The maximum absolute atomic E-state index is 10.9. The van der Waals surface area contributed by atoms with Gasteiger partial charge in [0.2, 0.25) is 0 Å². The Kier molecular flexibility index (Phi) is 3.74. The third kappa shape index (κ3) is 2.55. The summed E-state index contributed by atoms with van der Waals surface area (Å²) in [5, 5.41) is 0. The number of carbonyl (C=O) groups is 1. The molecule has 0 spiro atoms. The SMILES string of the molecule is CCc1c[nH]c(/C=C2\N=C(C=O)CC2(C)C)c1CC. The van der Waals surface area contributed by atoms with Crippen LogP contribution in [0.3, 0.4) is 0 Å². The van der Waals surface area contributed by atoms with Crippen molar-refractivity contribution in [2.45, 2.75) is 47.0 Å². The number of aldehydes is 1. The van der Waals surface area contributed by atoms with Crippen LogP contribution < -0.4 is 0 Å². The zero-order valence-corrected chi connectivity index (χ0v) is 12.2. The normalized spacial score (nSPS) is 19.8. The van der Waals surface area contributed by atoms with Gasteiger partial charge in [-0.1, -0.05) is 27.7 Å². The van der Waals surface area contributed by atoms with Crippen molar-refractivity contribution in [3.63, 3.8) is 0 Å². The van der Waals surface area contributed by atoms with Gasteiger partial charge in [0.15, 0.2) is 6.29 Å². The Morgan fingerprint density at radius 3 is 2.63 bits per heavy atom. The number of aromatic amines is 1. The first-order chi connectivity index (χ1) is 9.01. The van der Waals surface area contributed by atoms with Crippen LogP contribution in [0.25, 0.3) is 6.08 Å². The van der Waals surface area contributed by atoms with E-state index in [1.54, 1.807) is 0 Å². The highest BCUT2D eigenvalue weighted by Crippen LogP contribution is 2.38. The predicted octanol–water partition coefficient (Wildman–Crippen LogP) is 3.55. The lowest BCUT2D eigenvalue weighted by Gasteiger charge is -2.17. The van der Waals surface area contributed by atoms with Gasteiger partial charge < -0.3 is 4.98 Å². The summed E-state index contributed by atoms with van der Waals surface area (Å²) >= 11 is 0. The molecule has 3 heteroatoms. The van der Waals surface area contributed by atoms with E-state index in [1.165, 1.54) is 11.1 Å². The molecule has 1 aliphatic rings. The lowest BCUT2D eigenvalue weighted by atomic mass is 9.86. The fourth-order valence-corrected chi connectivity index (χ4v) is 2.70. The van der Waals surface area contributed by atoms with E-state index in [2.05, 4.69) is 49.9 Å². The Hall–Kier alpha value is -1.64. The number of aliphatic imine (C=N–C) groups is 1. The summed E-state index contributed by atoms with van der Waals surface area (Å²) in [4.78, 5) is 18.7. The Morgan fingerprint density at radius 2 is 2.11 bits per heavy atom. The van der Waals surface area contributed by atoms with Crippen molar-refractivity contribution < 1.29 is 4.79 Å². The Labute approximate surface area is 114 Å². The van der Waals surface area contributed by atoms with Crippen LogP contribution in [0.1, 0.15) is 50.9 Å². The van der Waals surface area contributed by atoms with Crippen molar-refractivity contribution in [1.82, 2.24) is 4.98 Å². The number of nitrogens with zero attached hydrogens (tertiary/aromatic N) is 1. The zero-order chi connectivity index (χ0) is 14.0. The lowest BCUT2D eigenvalue weighted by Crippen LogP contribution is -2.11. The van der Waals surface area contributed by atoms with Gasteiger partial charge in [-0.25, -0.2) is 0 Å². The van der Waals surface area contributed by atoms with Crippen LogP contribution in [0.5, 0.6) is 0 Å². The quantitative estimate of drug-likeness (QED) is 0.825. The van der Waals surface area contributed by atoms with E-state index >= 15 is 0 Å². The molecule has 1 aromatic heterocycles. The number of hydrogen-bond donors (Lipinski definition) is 1. The number of rotatable bonds is 4. The van der Waals surface area contributed by atoms with Crippen molar-refractivity contribution in [3.05, 3.63) is 28.7 Å². The van der Waals surface area contributed by atoms with Crippen LogP contribution in [-0.4, -0.2) is 17.0 Å². The average Bonchev–Trinajstić information content (AvgIpc) is 2.90. The zero-order valence-electron chi connectivity index (χ0n) is 12.2. The summed E-state index contributed by atoms with van der Waals surface area (Å²) in [6, 6.07) is 0. The van der Waals surface area contributed by atoms with Gasteiger partial charge in [-0.3, -0.25) is 9.79 Å². The highest BCUT2D eigenvalue weighted by Gasteiger charge is 2.31. The fourth-order valence-electron chi connectivity index (χ4n) is 2.70. The van der Waals surface area contributed by atoms with Gasteiger partial charge in [0.05, 0.1) is 5.71 Å². The summed E-state index contributed by atoms with van der Waals surface area (Å²) < 4.78 is 0. The first-order valence-electron chi connectivity index (χ1n) is 6.95. The smallest absolute Gasteiger partial charge is 0.164 e. The van der Waals surface area contributed by atoms with Crippen molar-refractivity contribution in [3.8, 4) is 0 Å². The van der Waals surface area contributed by atoms with Crippen LogP contribution in [0, 0.1) is 5.41 Å². The van der Waals surface area contributed by atoms with E-state index < -0.39 is 0 Å². The van der Waals surface area contributed by atoms with Crippen LogP contribution >= 0.6 is 0 Å². The van der Waals surface area contributed by atoms with E-state index in [-0.39, 0.29) is 5.41 Å². The monoisotopic (exact) mass is 258 g/mol. The van der Waals surface area contributed by atoms with Crippen LogP contribution in [0.2, 0.25) is 0 Å². The molecule has 0 saturated heterocycles. The number of allylic oxidation sites excluding steroid dienone is 1. The van der Waals surface area contributed by atoms with E-state index in [0.29, 0.717) is 5.71 Å². The number of H-pyrrole nitrogens is 1.